The molecule has 6 nitrogen and oxygen atoms in total. The number of hydrogen-bond donors (Lipinski definition) is 3. The van der Waals surface area contributed by atoms with Crippen molar-refractivity contribution in [1.82, 2.24) is 15.3 Å². The van der Waals surface area contributed by atoms with E-state index in [-0.39, 0.29) is 23.6 Å². The smallest absolute Gasteiger partial charge is 0.253 e. The van der Waals surface area contributed by atoms with Crippen LogP contribution in [-0.2, 0) is 4.79 Å². The Morgan fingerprint density at radius 2 is 1.97 bits per heavy atom. The van der Waals surface area contributed by atoms with Gasteiger partial charge in [-0.15, -0.1) is 0 Å². The van der Waals surface area contributed by atoms with E-state index < -0.39 is 0 Å². The molecular weight excluding hydrogens is 384 g/mol. The highest BCUT2D eigenvalue weighted by atomic mass is 32.2. The van der Waals surface area contributed by atoms with E-state index in [2.05, 4.69) is 20.6 Å². The average molecular weight is 409 g/mol. The number of benzene rings is 2. The standard InChI is InChI=1S/C22H24N4O2S/c1-14-10-11-18-19(12-14)26-22(25-18)29-13-20(27)24-17-9-5-4-8-16(17)21(28)23-15-6-2-3-7-15/h4-5,8-12,15H,2-3,6-7,13H2,1H3,(H,23,28)(H,24,27)(H,25,26). The van der Waals surface area contributed by atoms with Crippen molar-refractivity contribution in [3.05, 3.63) is 53.6 Å². The third-order valence-electron chi connectivity index (χ3n) is 5.09. The number of imidazole rings is 1. The van der Waals surface area contributed by atoms with Crippen LogP contribution in [0.4, 0.5) is 5.69 Å². The van der Waals surface area contributed by atoms with E-state index in [9.17, 15) is 9.59 Å². The summed E-state index contributed by atoms with van der Waals surface area (Å²) in [5, 5.41) is 6.64. The number of amides is 2. The fourth-order valence-corrected chi connectivity index (χ4v) is 4.30. The number of nitrogens with zero attached hydrogens (tertiary/aromatic N) is 1. The van der Waals surface area contributed by atoms with Crippen LogP contribution < -0.4 is 10.6 Å². The van der Waals surface area contributed by atoms with E-state index in [0.717, 1.165) is 42.3 Å². The number of aryl methyl sites for hydroxylation is 1. The molecule has 4 rings (SSSR count). The van der Waals surface area contributed by atoms with Gasteiger partial charge in [0.2, 0.25) is 5.91 Å². The normalized spacial score (nSPS) is 14.2. The first-order valence-corrected chi connectivity index (χ1v) is 10.9. The molecule has 1 aromatic heterocycles. The fraction of sp³-hybridized carbons (Fsp3) is 0.318. The molecule has 2 amide bonds. The van der Waals surface area contributed by atoms with Gasteiger partial charge in [0.25, 0.3) is 5.91 Å². The van der Waals surface area contributed by atoms with Gasteiger partial charge in [-0.05, 0) is 49.6 Å². The van der Waals surface area contributed by atoms with E-state index in [1.807, 2.05) is 37.3 Å². The van der Waals surface area contributed by atoms with Gasteiger partial charge in [-0.25, -0.2) is 4.98 Å². The molecule has 0 atom stereocenters. The summed E-state index contributed by atoms with van der Waals surface area (Å²) in [4.78, 5) is 32.8. The molecule has 29 heavy (non-hydrogen) atoms. The zero-order valence-electron chi connectivity index (χ0n) is 16.3. The van der Waals surface area contributed by atoms with Crippen molar-refractivity contribution in [2.45, 2.75) is 43.8 Å². The molecule has 1 heterocycles. The highest BCUT2D eigenvalue weighted by Gasteiger charge is 2.20. The summed E-state index contributed by atoms with van der Waals surface area (Å²) in [5.74, 6) is -0.0990. The Hall–Kier alpha value is -2.80. The molecule has 7 heteroatoms. The van der Waals surface area contributed by atoms with E-state index in [1.54, 1.807) is 12.1 Å². The third kappa shape index (κ3) is 4.79. The molecule has 1 aliphatic carbocycles. The molecule has 3 N–H and O–H groups in total. The molecule has 0 bridgehead atoms. The van der Waals surface area contributed by atoms with Crippen molar-refractivity contribution in [2.24, 2.45) is 0 Å². The van der Waals surface area contributed by atoms with Gasteiger partial charge in [-0.1, -0.05) is 42.8 Å². The van der Waals surface area contributed by atoms with Gasteiger partial charge in [0.05, 0.1) is 28.0 Å². The average Bonchev–Trinajstić information content (AvgIpc) is 3.35. The number of anilines is 1. The van der Waals surface area contributed by atoms with Gasteiger partial charge in [-0.3, -0.25) is 9.59 Å². The zero-order valence-corrected chi connectivity index (χ0v) is 17.1. The van der Waals surface area contributed by atoms with Gasteiger partial charge in [0, 0.05) is 6.04 Å². The second-order valence-electron chi connectivity index (χ2n) is 7.40. The zero-order chi connectivity index (χ0) is 20.2. The van der Waals surface area contributed by atoms with Crippen LogP contribution >= 0.6 is 11.8 Å². The Morgan fingerprint density at radius 1 is 1.17 bits per heavy atom. The monoisotopic (exact) mass is 408 g/mol. The van der Waals surface area contributed by atoms with Crippen molar-refractivity contribution in [3.63, 3.8) is 0 Å². The van der Waals surface area contributed by atoms with Crippen LogP contribution in [-0.4, -0.2) is 33.6 Å². The maximum atomic E-state index is 12.6. The molecule has 1 aliphatic rings. The number of H-pyrrole nitrogens is 1. The number of carbonyl (C=O) groups is 2. The first-order valence-electron chi connectivity index (χ1n) is 9.87. The molecule has 150 valence electrons. The molecule has 0 saturated heterocycles. The van der Waals surface area contributed by atoms with Gasteiger partial charge in [0.15, 0.2) is 5.16 Å². The number of fused-ring (bicyclic) bond motifs is 1. The highest BCUT2D eigenvalue weighted by Crippen LogP contribution is 2.22. The van der Waals surface area contributed by atoms with Crippen LogP contribution in [0.25, 0.3) is 11.0 Å². The van der Waals surface area contributed by atoms with Crippen molar-refractivity contribution < 1.29 is 9.59 Å². The minimum absolute atomic E-state index is 0.131. The maximum absolute atomic E-state index is 12.6. The molecule has 1 fully saturated rings. The van der Waals surface area contributed by atoms with Crippen LogP contribution in [0.15, 0.2) is 47.6 Å². The van der Waals surface area contributed by atoms with Crippen LogP contribution in [0, 0.1) is 6.92 Å². The minimum Gasteiger partial charge on any atom is -0.349 e. The van der Waals surface area contributed by atoms with Crippen molar-refractivity contribution in [2.75, 3.05) is 11.1 Å². The molecule has 1 saturated carbocycles. The van der Waals surface area contributed by atoms with Crippen molar-refractivity contribution in [1.29, 1.82) is 0 Å². The Kier molecular flexibility index (Phi) is 5.85. The van der Waals surface area contributed by atoms with Gasteiger partial charge in [0.1, 0.15) is 0 Å². The van der Waals surface area contributed by atoms with Gasteiger partial charge in [-0.2, -0.15) is 0 Å². The van der Waals surface area contributed by atoms with E-state index in [4.69, 9.17) is 0 Å². The van der Waals surface area contributed by atoms with Crippen LogP contribution in [0.5, 0.6) is 0 Å². The van der Waals surface area contributed by atoms with Crippen molar-refractivity contribution in [3.8, 4) is 0 Å². The van der Waals surface area contributed by atoms with E-state index in [0.29, 0.717) is 16.4 Å². The predicted octanol–water partition coefficient (Wildman–Crippen LogP) is 4.27. The summed E-state index contributed by atoms with van der Waals surface area (Å²) in [5.41, 5.74) is 4.03. The Bertz CT molecular complexity index is 1040. The van der Waals surface area contributed by atoms with Crippen LogP contribution in [0.3, 0.4) is 0 Å². The number of aromatic nitrogens is 2. The summed E-state index contributed by atoms with van der Waals surface area (Å²) < 4.78 is 0. The first kappa shape index (κ1) is 19.5. The molecule has 0 unspecified atom stereocenters. The number of rotatable bonds is 6. The van der Waals surface area contributed by atoms with E-state index in [1.165, 1.54) is 11.8 Å². The third-order valence-corrected chi connectivity index (χ3v) is 5.97. The number of hydrogen-bond acceptors (Lipinski definition) is 4. The number of aromatic amines is 1. The highest BCUT2D eigenvalue weighted by molar-refractivity contribution is 7.99. The lowest BCUT2D eigenvalue weighted by atomic mass is 10.1. The minimum atomic E-state index is -0.173. The number of para-hydroxylation sites is 1. The van der Waals surface area contributed by atoms with E-state index >= 15 is 0 Å². The second-order valence-corrected chi connectivity index (χ2v) is 8.36. The lowest BCUT2D eigenvalue weighted by Crippen LogP contribution is -2.33. The number of carbonyl (C=O) groups excluding carboxylic acids is 2. The number of thioether (sulfide) groups is 1. The Labute approximate surface area is 173 Å². The Balaban J connectivity index is 1.38. The van der Waals surface area contributed by atoms with Crippen molar-refractivity contribution >= 4 is 40.3 Å². The summed E-state index contributed by atoms with van der Waals surface area (Å²) in [6.07, 6.45) is 4.35. The second kappa shape index (κ2) is 8.69. The SMILES string of the molecule is Cc1ccc2nc(SCC(=O)Nc3ccccc3C(=O)NC3CCCC3)[nH]c2c1. The Morgan fingerprint density at radius 3 is 2.79 bits per heavy atom. The molecule has 0 spiro atoms. The molecule has 2 aromatic carbocycles. The predicted molar refractivity (Wildman–Crippen MR) is 116 cm³/mol. The maximum Gasteiger partial charge on any atom is 0.253 e. The van der Waals surface area contributed by atoms with Crippen LogP contribution in [0.1, 0.15) is 41.6 Å². The topological polar surface area (TPSA) is 86.9 Å². The lowest BCUT2D eigenvalue weighted by Gasteiger charge is -2.15. The molecule has 3 aromatic rings. The summed E-state index contributed by atoms with van der Waals surface area (Å²) in [6.45, 7) is 2.03. The van der Waals surface area contributed by atoms with Crippen LogP contribution in [0.2, 0.25) is 0 Å². The fourth-order valence-electron chi connectivity index (χ4n) is 3.61. The molecule has 0 aliphatic heterocycles. The summed E-state index contributed by atoms with van der Waals surface area (Å²) in [6, 6.07) is 13.4. The summed E-state index contributed by atoms with van der Waals surface area (Å²) >= 11 is 1.34. The summed E-state index contributed by atoms with van der Waals surface area (Å²) in [7, 11) is 0. The van der Waals surface area contributed by atoms with Gasteiger partial charge < -0.3 is 15.6 Å². The quantitative estimate of drug-likeness (QED) is 0.532. The number of nitrogens with one attached hydrogen (secondary N) is 3. The molecular formula is C22H24N4O2S. The lowest BCUT2D eigenvalue weighted by molar-refractivity contribution is -0.113. The van der Waals surface area contributed by atoms with Gasteiger partial charge >= 0.3 is 0 Å². The first-order chi connectivity index (χ1) is 14.1. The largest absolute Gasteiger partial charge is 0.349 e. The molecule has 0 radical (unpaired) electrons.